The van der Waals surface area contributed by atoms with Gasteiger partial charge in [0.05, 0.1) is 22.4 Å². The molecule has 0 aliphatic heterocycles. The summed E-state index contributed by atoms with van der Waals surface area (Å²) in [6, 6.07) is 12.0. The smallest absolute Gasteiger partial charge is 0.104 e. The lowest BCUT2D eigenvalue weighted by molar-refractivity contribution is 1.17. The molecule has 3 aromatic rings. The number of aromatic nitrogens is 2. The van der Waals surface area contributed by atoms with E-state index in [1.54, 1.807) is 0 Å². The van der Waals surface area contributed by atoms with Crippen molar-refractivity contribution in [3.63, 3.8) is 0 Å². The Balaban J connectivity index is 2.04. The largest absolute Gasteiger partial charge is 0.397 e. The van der Waals surface area contributed by atoms with Gasteiger partial charge < -0.3 is 15.6 Å². The van der Waals surface area contributed by atoms with Crippen molar-refractivity contribution in [1.29, 1.82) is 0 Å². The number of nitrogens with zero attached hydrogens (tertiary/aromatic N) is 2. The molecular weight excluding hydrogens is 316 g/mol. The zero-order chi connectivity index (χ0) is 14.3. The first-order valence-corrected chi connectivity index (χ1v) is 7.09. The number of hydrogen-bond acceptors (Lipinski definition) is 3. The number of H-pyrrole nitrogens is 1. The Kier molecular flexibility index (Phi) is 3.14. The molecule has 4 nitrogen and oxygen atoms in total. The monoisotopic (exact) mass is 330 g/mol. The summed E-state index contributed by atoms with van der Waals surface area (Å²) in [4.78, 5) is 9.73. The Morgan fingerprint density at radius 1 is 1.20 bits per heavy atom. The van der Waals surface area contributed by atoms with E-state index in [9.17, 15) is 0 Å². The molecule has 0 aliphatic carbocycles. The van der Waals surface area contributed by atoms with E-state index in [0.717, 1.165) is 38.4 Å². The Morgan fingerprint density at radius 3 is 2.75 bits per heavy atom. The van der Waals surface area contributed by atoms with Crippen molar-refractivity contribution in [3.8, 4) is 0 Å². The van der Waals surface area contributed by atoms with Crippen molar-refractivity contribution < 1.29 is 0 Å². The molecule has 5 heteroatoms. The first-order chi connectivity index (χ1) is 9.54. The predicted molar refractivity (Wildman–Crippen MR) is 87.4 cm³/mol. The second kappa shape index (κ2) is 4.83. The zero-order valence-corrected chi connectivity index (χ0v) is 12.9. The molecule has 0 unspecified atom stereocenters. The van der Waals surface area contributed by atoms with E-state index < -0.39 is 0 Å². The summed E-state index contributed by atoms with van der Waals surface area (Å²) in [6.07, 6.45) is 0. The average molecular weight is 331 g/mol. The number of nitrogen functional groups attached to an aromatic ring is 1. The summed E-state index contributed by atoms with van der Waals surface area (Å²) >= 11 is 3.43. The molecule has 2 aromatic carbocycles. The van der Waals surface area contributed by atoms with Crippen LogP contribution in [-0.4, -0.2) is 17.0 Å². The number of nitrogens with two attached hydrogens (primary N) is 1. The van der Waals surface area contributed by atoms with E-state index >= 15 is 0 Å². The fraction of sp³-hybridized carbons (Fsp3) is 0.133. The van der Waals surface area contributed by atoms with Crippen molar-refractivity contribution in [3.05, 3.63) is 46.7 Å². The molecule has 20 heavy (non-hydrogen) atoms. The molecule has 0 atom stereocenters. The van der Waals surface area contributed by atoms with Crippen molar-refractivity contribution in [2.75, 3.05) is 17.7 Å². The quantitative estimate of drug-likeness (QED) is 0.698. The minimum atomic E-state index is 0.739. The van der Waals surface area contributed by atoms with E-state index in [0.29, 0.717) is 0 Å². The Morgan fingerprint density at radius 2 is 2.00 bits per heavy atom. The van der Waals surface area contributed by atoms with Crippen LogP contribution in [0.2, 0.25) is 0 Å². The number of anilines is 3. The van der Waals surface area contributed by atoms with Gasteiger partial charge >= 0.3 is 0 Å². The third-order valence-electron chi connectivity index (χ3n) is 3.32. The van der Waals surface area contributed by atoms with Gasteiger partial charge in [0.2, 0.25) is 0 Å². The molecule has 0 fully saturated rings. The summed E-state index contributed by atoms with van der Waals surface area (Å²) in [7, 11) is 2.00. The number of nitrogens with one attached hydrogen (secondary N) is 1. The van der Waals surface area contributed by atoms with Crippen LogP contribution in [0.15, 0.2) is 40.9 Å². The van der Waals surface area contributed by atoms with Gasteiger partial charge in [-0.2, -0.15) is 0 Å². The number of aromatic amines is 1. The van der Waals surface area contributed by atoms with Crippen molar-refractivity contribution in [1.82, 2.24) is 9.97 Å². The van der Waals surface area contributed by atoms with Gasteiger partial charge in [0.1, 0.15) is 5.82 Å². The topological polar surface area (TPSA) is 57.9 Å². The fourth-order valence-corrected chi connectivity index (χ4v) is 2.68. The molecule has 0 saturated heterocycles. The number of hydrogen-bond donors (Lipinski definition) is 2. The maximum absolute atomic E-state index is 6.08. The predicted octanol–water partition coefficient (Wildman–Crippen LogP) is 3.98. The van der Waals surface area contributed by atoms with Gasteiger partial charge in [-0.15, -0.1) is 0 Å². The summed E-state index contributed by atoms with van der Waals surface area (Å²) in [5.74, 6) is 0.919. The highest BCUT2D eigenvalue weighted by Crippen LogP contribution is 2.32. The molecule has 1 heterocycles. The van der Waals surface area contributed by atoms with Crippen LogP contribution in [0.5, 0.6) is 0 Å². The molecule has 3 N–H and O–H groups in total. The van der Waals surface area contributed by atoms with E-state index in [-0.39, 0.29) is 0 Å². The highest BCUT2D eigenvalue weighted by Gasteiger charge is 2.09. The molecule has 1 aromatic heterocycles. The maximum atomic E-state index is 6.08. The number of aryl methyl sites for hydroxylation is 1. The van der Waals surface area contributed by atoms with Gasteiger partial charge in [-0.25, -0.2) is 4.98 Å². The number of rotatable bonds is 2. The standard InChI is InChI=1S/C15H15BrN4/c1-9-18-13-5-4-11(8-14(13)19-9)20(2)15-6-3-10(16)7-12(15)17/h3-8H,17H2,1-2H3,(H,18,19). The molecule has 102 valence electrons. The van der Waals surface area contributed by atoms with Gasteiger partial charge in [0.25, 0.3) is 0 Å². The number of benzene rings is 2. The van der Waals surface area contributed by atoms with Crippen molar-refractivity contribution >= 4 is 44.0 Å². The Bertz CT molecular complexity index is 779. The number of imidazole rings is 1. The van der Waals surface area contributed by atoms with Gasteiger partial charge in [-0.1, -0.05) is 15.9 Å². The summed E-state index contributed by atoms with van der Waals surface area (Å²) in [5.41, 5.74) is 10.9. The van der Waals surface area contributed by atoms with E-state index in [1.807, 2.05) is 44.3 Å². The van der Waals surface area contributed by atoms with E-state index in [4.69, 9.17) is 5.73 Å². The minimum absolute atomic E-state index is 0.739. The van der Waals surface area contributed by atoms with Crippen LogP contribution in [0, 0.1) is 6.92 Å². The van der Waals surface area contributed by atoms with Crippen LogP contribution in [0.3, 0.4) is 0 Å². The summed E-state index contributed by atoms with van der Waals surface area (Å²) in [5, 5.41) is 0. The molecule has 0 amide bonds. The molecule has 0 bridgehead atoms. The number of halogens is 1. The molecule has 0 spiro atoms. The highest BCUT2D eigenvalue weighted by atomic mass is 79.9. The van der Waals surface area contributed by atoms with Crippen LogP contribution in [-0.2, 0) is 0 Å². The maximum Gasteiger partial charge on any atom is 0.104 e. The molecule has 0 saturated carbocycles. The summed E-state index contributed by atoms with van der Waals surface area (Å²) < 4.78 is 0.979. The van der Waals surface area contributed by atoms with Crippen LogP contribution >= 0.6 is 15.9 Å². The van der Waals surface area contributed by atoms with Gasteiger partial charge in [-0.05, 0) is 43.3 Å². The van der Waals surface area contributed by atoms with Crippen LogP contribution < -0.4 is 10.6 Å². The van der Waals surface area contributed by atoms with Crippen LogP contribution in [0.25, 0.3) is 11.0 Å². The Hall–Kier alpha value is -2.01. The second-order valence-electron chi connectivity index (χ2n) is 4.79. The minimum Gasteiger partial charge on any atom is -0.397 e. The summed E-state index contributed by atoms with van der Waals surface area (Å²) in [6.45, 7) is 1.95. The third-order valence-corrected chi connectivity index (χ3v) is 3.82. The lowest BCUT2D eigenvalue weighted by atomic mass is 10.2. The van der Waals surface area contributed by atoms with Crippen LogP contribution in [0.4, 0.5) is 17.1 Å². The number of fused-ring (bicyclic) bond motifs is 1. The molecule has 0 aliphatic rings. The second-order valence-corrected chi connectivity index (χ2v) is 5.70. The van der Waals surface area contributed by atoms with Crippen LogP contribution in [0.1, 0.15) is 5.82 Å². The fourth-order valence-electron chi connectivity index (χ4n) is 2.30. The van der Waals surface area contributed by atoms with Crippen molar-refractivity contribution in [2.24, 2.45) is 0 Å². The highest BCUT2D eigenvalue weighted by molar-refractivity contribution is 9.10. The Labute approximate surface area is 125 Å². The normalized spacial score (nSPS) is 10.9. The van der Waals surface area contributed by atoms with E-state index in [2.05, 4.69) is 36.9 Å². The average Bonchev–Trinajstić information content (AvgIpc) is 2.77. The van der Waals surface area contributed by atoms with Crippen molar-refractivity contribution in [2.45, 2.75) is 6.92 Å². The van der Waals surface area contributed by atoms with Gasteiger partial charge in [0.15, 0.2) is 0 Å². The first-order valence-electron chi connectivity index (χ1n) is 6.30. The van der Waals surface area contributed by atoms with E-state index in [1.165, 1.54) is 0 Å². The SMILES string of the molecule is Cc1nc2ccc(N(C)c3ccc(Br)cc3N)cc2[nH]1. The van der Waals surface area contributed by atoms with Gasteiger partial charge in [-0.3, -0.25) is 0 Å². The zero-order valence-electron chi connectivity index (χ0n) is 11.3. The molecular formula is C15H15BrN4. The first kappa shape index (κ1) is 13.0. The molecule has 3 rings (SSSR count). The van der Waals surface area contributed by atoms with Gasteiger partial charge in [0, 0.05) is 17.2 Å². The third kappa shape index (κ3) is 2.25. The lowest BCUT2D eigenvalue weighted by Crippen LogP contribution is -2.11. The lowest BCUT2D eigenvalue weighted by Gasteiger charge is -2.21. The molecule has 0 radical (unpaired) electrons.